The summed E-state index contributed by atoms with van der Waals surface area (Å²) in [6, 6.07) is 15.5. The molecule has 0 unspecified atom stereocenters. The van der Waals surface area contributed by atoms with E-state index in [0.29, 0.717) is 22.0 Å². The third kappa shape index (κ3) is 5.10. The Morgan fingerprint density at radius 3 is 2.61 bits per heavy atom. The van der Waals surface area contributed by atoms with E-state index in [1.54, 1.807) is 23.5 Å². The second kappa shape index (κ2) is 9.84. The van der Waals surface area contributed by atoms with Gasteiger partial charge in [-0.05, 0) is 42.3 Å². The Balaban J connectivity index is 1.62. The molecule has 0 radical (unpaired) electrons. The van der Waals surface area contributed by atoms with Crippen LogP contribution in [0.1, 0.15) is 11.3 Å². The molecule has 0 spiro atoms. The highest BCUT2D eigenvalue weighted by atomic mass is 35.5. The second-order valence-corrected chi connectivity index (χ2v) is 9.58. The van der Waals surface area contributed by atoms with Gasteiger partial charge in [0, 0.05) is 37.5 Å². The van der Waals surface area contributed by atoms with Gasteiger partial charge in [0.1, 0.15) is 0 Å². The van der Waals surface area contributed by atoms with E-state index in [0.717, 1.165) is 47.9 Å². The molecule has 2 aromatic heterocycles. The SMILES string of the molecule is CN1CCN(C(=O)SCc2nc(-c3cccs3)cc(-c3ccc(C#N)cc3)c2Cl)CC1. The van der Waals surface area contributed by atoms with Crippen LogP contribution in [0.3, 0.4) is 0 Å². The maximum Gasteiger partial charge on any atom is 0.282 e. The summed E-state index contributed by atoms with van der Waals surface area (Å²) in [7, 11) is 2.07. The fraction of sp³-hybridized carbons (Fsp3) is 0.261. The molecule has 1 aliphatic rings. The fourth-order valence-electron chi connectivity index (χ4n) is 3.37. The molecule has 3 heterocycles. The zero-order valence-electron chi connectivity index (χ0n) is 17.0. The molecule has 1 amide bonds. The number of pyridine rings is 1. The Morgan fingerprint density at radius 1 is 1.23 bits per heavy atom. The van der Waals surface area contributed by atoms with Gasteiger partial charge in [0.05, 0.1) is 32.9 Å². The first kappa shape index (κ1) is 21.8. The summed E-state index contributed by atoms with van der Waals surface area (Å²) in [5, 5.41) is 11.7. The molecule has 0 N–H and O–H groups in total. The van der Waals surface area contributed by atoms with Crippen LogP contribution in [0.5, 0.6) is 0 Å². The lowest BCUT2D eigenvalue weighted by molar-refractivity contribution is 0.172. The van der Waals surface area contributed by atoms with Crippen LogP contribution < -0.4 is 0 Å². The first-order valence-electron chi connectivity index (χ1n) is 9.89. The lowest BCUT2D eigenvalue weighted by atomic mass is 10.0. The molecule has 0 aliphatic carbocycles. The molecule has 4 rings (SSSR count). The van der Waals surface area contributed by atoms with Crippen molar-refractivity contribution in [3.05, 3.63) is 64.1 Å². The summed E-state index contributed by atoms with van der Waals surface area (Å²) in [5.74, 6) is 0.409. The maximum absolute atomic E-state index is 12.7. The Morgan fingerprint density at radius 2 is 1.97 bits per heavy atom. The smallest absolute Gasteiger partial charge is 0.282 e. The Kier molecular flexibility index (Phi) is 6.93. The Hall–Kier alpha value is -2.37. The maximum atomic E-state index is 12.7. The number of thioether (sulfide) groups is 1. The molecule has 8 heteroatoms. The highest BCUT2D eigenvalue weighted by molar-refractivity contribution is 8.12. The average molecular weight is 469 g/mol. The van der Waals surface area contributed by atoms with Crippen LogP contribution in [0, 0.1) is 11.3 Å². The number of piperazine rings is 1. The van der Waals surface area contributed by atoms with Gasteiger partial charge < -0.3 is 9.80 Å². The van der Waals surface area contributed by atoms with Crippen molar-refractivity contribution in [2.45, 2.75) is 5.75 Å². The molecule has 31 heavy (non-hydrogen) atoms. The number of amides is 1. The molecule has 1 fully saturated rings. The summed E-state index contributed by atoms with van der Waals surface area (Å²) >= 11 is 9.63. The molecule has 3 aromatic rings. The van der Waals surface area contributed by atoms with Crippen LogP contribution in [0.2, 0.25) is 5.02 Å². The van der Waals surface area contributed by atoms with Crippen molar-refractivity contribution in [3.8, 4) is 27.8 Å². The number of likely N-dealkylation sites (N-methyl/N-ethyl adjacent to an activating group) is 1. The minimum Gasteiger partial charge on any atom is -0.331 e. The van der Waals surface area contributed by atoms with E-state index < -0.39 is 0 Å². The molecule has 0 atom stereocenters. The van der Waals surface area contributed by atoms with Crippen LogP contribution in [0.4, 0.5) is 4.79 Å². The highest BCUT2D eigenvalue weighted by Crippen LogP contribution is 2.36. The monoisotopic (exact) mass is 468 g/mol. The first-order chi connectivity index (χ1) is 15.0. The van der Waals surface area contributed by atoms with E-state index >= 15 is 0 Å². The van der Waals surface area contributed by atoms with Gasteiger partial charge in [0.2, 0.25) is 0 Å². The summed E-state index contributed by atoms with van der Waals surface area (Å²) in [5.41, 5.74) is 3.90. The van der Waals surface area contributed by atoms with Crippen molar-refractivity contribution in [3.63, 3.8) is 0 Å². The zero-order chi connectivity index (χ0) is 21.8. The van der Waals surface area contributed by atoms with Gasteiger partial charge in [-0.25, -0.2) is 4.98 Å². The molecular formula is C23H21ClN4OS2. The van der Waals surface area contributed by atoms with Gasteiger partial charge >= 0.3 is 0 Å². The van der Waals surface area contributed by atoms with E-state index in [1.807, 2.05) is 40.6 Å². The van der Waals surface area contributed by atoms with Crippen molar-refractivity contribution in [2.24, 2.45) is 0 Å². The summed E-state index contributed by atoms with van der Waals surface area (Å²) in [6.45, 7) is 3.27. The predicted molar refractivity (Wildman–Crippen MR) is 128 cm³/mol. The molecular weight excluding hydrogens is 448 g/mol. The van der Waals surface area contributed by atoms with Crippen LogP contribution in [0.25, 0.3) is 21.7 Å². The van der Waals surface area contributed by atoms with Crippen LogP contribution in [-0.4, -0.2) is 53.2 Å². The number of nitrogens with zero attached hydrogens (tertiary/aromatic N) is 4. The minimum absolute atomic E-state index is 0.0624. The number of thiophene rings is 1. The van der Waals surface area contributed by atoms with Gasteiger partial charge in [-0.2, -0.15) is 5.26 Å². The van der Waals surface area contributed by atoms with Crippen molar-refractivity contribution in [1.29, 1.82) is 5.26 Å². The molecule has 0 saturated carbocycles. The van der Waals surface area contributed by atoms with Crippen molar-refractivity contribution in [1.82, 2.24) is 14.8 Å². The fourth-order valence-corrected chi connectivity index (χ4v) is 5.25. The number of carbonyl (C=O) groups is 1. The normalized spacial score (nSPS) is 14.4. The molecule has 1 aliphatic heterocycles. The third-order valence-electron chi connectivity index (χ3n) is 5.22. The summed E-state index contributed by atoms with van der Waals surface area (Å²) in [4.78, 5) is 22.6. The van der Waals surface area contributed by atoms with Gasteiger partial charge in [-0.3, -0.25) is 4.79 Å². The molecule has 158 valence electrons. The summed E-state index contributed by atoms with van der Waals surface area (Å²) in [6.07, 6.45) is 0. The average Bonchev–Trinajstić information content (AvgIpc) is 3.34. The second-order valence-electron chi connectivity index (χ2n) is 7.33. The highest BCUT2D eigenvalue weighted by Gasteiger charge is 2.21. The first-order valence-corrected chi connectivity index (χ1v) is 12.1. The van der Waals surface area contributed by atoms with E-state index in [-0.39, 0.29) is 5.24 Å². The van der Waals surface area contributed by atoms with Gasteiger partial charge in [0.15, 0.2) is 0 Å². The zero-order valence-corrected chi connectivity index (χ0v) is 19.4. The number of halogens is 1. The number of hydrogen-bond acceptors (Lipinski definition) is 6. The third-order valence-corrected chi connectivity index (χ3v) is 7.46. The standard InChI is InChI=1S/C23H21ClN4OS2/c1-27-8-10-28(11-9-27)23(29)31-15-20-22(24)18(17-6-4-16(14-25)5-7-17)13-19(26-20)21-3-2-12-30-21/h2-7,12-13H,8-11,15H2,1H3. The molecule has 1 aromatic carbocycles. The van der Waals surface area contributed by atoms with Crippen LogP contribution >= 0.6 is 34.7 Å². The number of carbonyl (C=O) groups excluding carboxylic acids is 1. The van der Waals surface area contributed by atoms with Crippen molar-refractivity contribution in [2.75, 3.05) is 33.2 Å². The number of rotatable bonds is 4. The van der Waals surface area contributed by atoms with Crippen LogP contribution in [-0.2, 0) is 5.75 Å². The van der Waals surface area contributed by atoms with Gasteiger partial charge in [0.25, 0.3) is 5.24 Å². The quantitative estimate of drug-likeness (QED) is 0.498. The molecule has 5 nitrogen and oxygen atoms in total. The Bertz CT molecular complexity index is 1100. The predicted octanol–water partition coefficient (Wildman–Crippen LogP) is 5.60. The van der Waals surface area contributed by atoms with E-state index in [2.05, 4.69) is 18.0 Å². The largest absolute Gasteiger partial charge is 0.331 e. The number of aromatic nitrogens is 1. The number of nitriles is 1. The van der Waals surface area contributed by atoms with E-state index in [9.17, 15) is 4.79 Å². The lowest BCUT2D eigenvalue weighted by Gasteiger charge is -2.32. The van der Waals surface area contributed by atoms with Gasteiger partial charge in [-0.1, -0.05) is 41.6 Å². The lowest BCUT2D eigenvalue weighted by Crippen LogP contribution is -2.45. The molecule has 1 saturated heterocycles. The topological polar surface area (TPSA) is 60.2 Å². The van der Waals surface area contributed by atoms with Crippen molar-refractivity contribution < 1.29 is 4.79 Å². The number of hydrogen-bond donors (Lipinski definition) is 0. The van der Waals surface area contributed by atoms with Gasteiger partial charge in [-0.15, -0.1) is 11.3 Å². The number of benzene rings is 1. The van der Waals surface area contributed by atoms with E-state index in [4.69, 9.17) is 21.8 Å². The summed E-state index contributed by atoms with van der Waals surface area (Å²) < 4.78 is 0. The van der Waals surface area contributed by atoms with E-state index in [1.165, 1.54) is 11.8 Å². The minimum atomic E-state index is 0.0624. The Labute approximate surface area is 195 Å². The van der Waals surface area contributed by atoms with Crippen molar-refractivity contribution >= 4 is 39.9 Å². The van der Waals surface area contributed by atoms with Crippen LogP contribution in [0.15, 0.2) is 47.8 Å². The molecule has 0 bridgehead atoms.